The Kier molecular flexibility index (Phi) is 19.8. The van der Waals surface area contributed by atoms with Crippen molar-refractivity contribution in [2.24, 2.45) is 5.73 Å². The molecule has 0 saturated carbocycles. The zero-order chi connectivity index (χ0) is 13.4. The Morgan fingerprint density at radius 1 is 0.941 bits per heavy atom. The molecular formula is C11H29N5O. The van der Waals surface area contributed by atoms with E-state index in [1.54, 1.807) is 0 Å². The lowest BCUT2D eigenvalue weighted by molar-refractivity contribution is -0.106. The molecule has 0 heterocycles. The van der Waals surface area contributed by atoms with Gasteiger partial charge in [-0.05, 0) is 21.1 Å². The Hall–Kier alpha value is -0.530. The number of nitrogens with two attached hydrogens (primary N) is 1. The molecule has 0 aliphatic heterocycles. The Bertz CT molecular complexity index is 127. The molecule has 0 aromatic rings. The summed E-state index contributed by atoms with van der Waals surface area (Å²) in [6, 6.07) is 0. The van der Waals surface area contributed by atoms with Crippen LogP contribution in [0, 0.1) is 0 Å². The van der Waals surface area contributed by atoms with Crippen molar-refractivity contribution in [2.75, 3.05) is 67.0 Å². The summed E-state index contributed by atoms with van der Waals surface area (Å²) < 4.78 is 0. The molecule has 6 heteroatoms. The first-order valence-electron chi connectivity index (χ1n) is 6.06. The topological polar surface area (TPSA) is 82.4 Å². The summed E-state index contributed by atoms with van der Waals surface area (Å²) in [6.45, 7) is 6.70. The molecule has 0 rings (SSSR count). The number of nitrogens with one attached hydrogen (secondary N) is 3. The molecule has 0 atom stereocenters. The lowest BCUT2D eigenvalue weighted by atomic mass is 10.4. The van der Waals surface area contributed by atoms with Gasteiger partial charge in [-0.2, -0.15) is 0 Å². The van der Waals surface area contributed by atoms with Crippen molar-refractivity contribution in [1.82, 2.24) is 20.9 Å². The third kappa shape index (κ3) is 18.1. The number of nitrogens with zero attached hydrogens (tertiary/aromatic N) is 1. The highest BCUT2D eigenvalue weighted by Gasteiger charge is 2.01. The quantitative estimate of drug-likeness (QED) is 0.337. The molecule has 6 nitrogen and oxygen atoms in total. The monoisotopic (exact) mass is 247 g/mol. The van der Waals surface area contributed by atoms with Gasteiger partial charge >= 0.3 is 0 Å². The van der Waals surface area contributed by atoms with Gasteiger partial charge in [0.05, 0.1) is 0 Å². The number of hydrogen-bond donors (Lipinski definition) is 4. The number of hydrogen-bond acceptors (Lipinski definition) is 6. The van der Waals surface area contributed by atoms with E-state index in [0.717, 1.165) is 39.3 Å². The minimum atomic E-state index is 0.139. The molecule has 0 aliphatic rings. The van der Waals surface area contributed by atoms with Gasteiger partial charge in [-0.3, -0.25) is 4.90 Å². The normalized spacial score (nSPS) is 9.94. The zero-order valence-corrected chi connectivity index (χ0v) is 11.5. The maximum Gasteiger partial charge on any atom is 0.133 e. The third-order valence-electron chi connectivity index (χ3n) is 2.13. The lowest BCUT2D eigenvalue weighted by Crippen LogP contribution is -2.39. The van der Waals surface area contributed by atoms with Crippen molar-refractivity contribution in [1.29, 1.82) is 0 Å². The number of likely N-dealkylation sites (N-methyl/N-ethyl adjacent to an activating group) is 3. The summed E-state index contributed by atoms with van der Waals surface area (Å²) in [4.78, 5) is 11.5. The van der Waals surface area contributed by atoms with Crippen LogP contribution < -0.4 is 21.7 Å². The first-order valence-corrected chi connectivity index (χ1v) is 6.06. The van der Waals surface area contributed by atoms with E-state index in [1.165, 1.54) is 0 Å². The second-order valence-electron chi connectivity index (χ2n) is 3.55. The molecule has 17 heavy (non-hydrogen) atoms. The summed E-state index contributed by atoms with van der Waals surface area (Å²) in [5.74, 6) is 0. The average Bonchev–Trinajstić information content (AvgIpc) is 2.38. The summed E-state index contributed by atoms with van der Waals surface area (Å²) in [7, 11) is 5.98. The van der Waals surface area contributed by atoms with Gasteiger partial charge in [-0.25, -0.2) is 0 Å². The SMILES string of the molecule is CNCCN(CCNC)CCNC.NCC=O. The molecule has 0 aromatic carbocycles. The number of carbonyl (C=O) groups is 1. The molecule has 0 bridgehead atoms. The van der Waals surface area contributed by atoms with Crippen LogP contribution in [0.25, 0.3) is 0 Å². The van der Waals surface area contributed by atoms with Crippen LogP contribution in [0.3, 0.4) is 0 Å². The second kappa shape index (κ2) is 17.9. The maximum absolute atomic E-state index is 9.05. The number of rotatable bonds is 10. The van der Waals surface area contributed by atoms with E-state index in [9.17, 15) is 0 Å². The molecule has 5 N–H and O–H groups in total. The lowest BCUT2D eigenvalue weighted by Gasteiger charge is -2.21. The molecule has 0 aromatic heterocycles. The largest absolute Gasteiger partial charge is 0.324 e. The first-order chi connectivity index (χ1) is 8.26. The highest BCUT2D eigenvalue weighted by atomic mass is 16.1. The zero-order valence-electron chi connectivity index (χ0n) is 11.5. The van der Waals surface area contributed by atoms with Gasteiger partial charge in [0.2, 0.25) is 0 Å². The van der Waals surface area contributed by atoms with Crippen molar-refractivity contribution in [3.05, 3.63) is 0 Å². The molecule has 0 radical (unpaired) electrons. The van der Waals surface area contributed by atoms with Crippen LogP contribution in [0.5, 0.6) is 0 Å². The molecule has 0 fully saturated rings. The summed E-state index contributed by atoms with van der Waals surface area (Å²) >= 11 is 0. The fraction of sp³-hybridized carbons (Fsp3) is 0.909. The van der Waals surface area contributed by atoms with Crippen molar-refractivity contribution >= 4 is 6.29 Å². The predicted molar refractivity (Wildman–Crippen MR) is 73.3 cm³/mol. The van der Waals surface area contributed by atoms with Crippen LogP contribution >= 0.6 is 0 Å². The molecule has 104 valence electrons. The van der Waals surface area contributed by atoms with E-state index < -0.39 is 0 Å². The van der Waals surface area contributed by atoms with Gasteiger partial charge < -0.3 is 26.5 Å². The summed E-state index contributed by atoms with van der Waals surface area (Å²) in [6.07, 6.45) is 0.653. The van der Waals surface area contributed by atoms with Crippen molar-refractivity contribution in [3.8, 4) is 0 Å². The van der Waals surface area contributed by atoms with Crippen molar-refractivity contribution in [2.45, 2.75) is 0 Å². The number of carbonyl (C=O) groups excluding carboxylic acids is 1. The van der Waals surface area contributed by atoms with Crippen LogP contribution in [0.2, 0.25) is 0 Å². The molecule has 0 aliphatic carbocycles. The van der Waals surface area contributed by atoms with Crippen LogP contribution in [0.15, 0.2) is 0 Å². The van der Waals surface area contributed by atoms with E-state index in [0.29, 0.717) is 6.29 Å². The van der Waals surface area contributed by atoms with Gasteiger partial charge in [0.25, 0.3) is 0 Å². The Labute approximate surface area is 105 Å². The first kappa shape index (κ1) is 18.8. The maximum atomic E-state index is 9.05. The predicted octanol–water partition coefficient (Wildman–Crippen LogP) is -1.91. The molecule has 0 amide bonds. The highest BCUT2D eigenvalue weighted by molar-refractivity contribution is 5.51. The molecular weight excluding hydrogens is 218 g/mol. The number of aldehydes is 1. The molecule has 0 unspecified atom stereocenters. The van der Waals surface area contributed by atoms with E-state index in [2.05, 4.69) is 26.6 Å². The Morgan fingerprint density at radius 2 is 1.24 bits per heavy atom. The summed E-state index contributed by atoms with van der Waals surface area (Å²) in [5.41, 5.74) is 4.66. The van der Waals surface area contributed by atoms with Crippen LogP contribution in [0.4, 0.5) is 0 Å². The third-order valence-corrected chi connectivity index (χ3v) is 2.13. The van der Waals surface area contributed by atoms with E-state index >= 15 is 0 Å². The van der Waals surface area contributed by atoms with Gasteiger partial charge in [-0.15, -0.1) is 0 Å². The van der Waals surface area contributed by atoms with Crippen molar-refractivity contribution < 1.29 is 4.79 Å². The molecule has 0 spiro atoms. The fourth-order valence-electron chi connectivity index (χ4n) is 1.15. The fourth-order valence-corrected chi connectivity index (χ4v) is 1.15. The van der Waals surface area contributed by atoms with Gasteiger partial charge in [-0.1, -0.05) is 0 Å². The minimum Gasteiger partial charge on any atom is -0.324 e. The summed E-state index contributed by atoms with van der Waals surface area (Å²) in [5, 5.41) is 9.51. The van der Waals surface area contributed by atoms with Gasteiger partial charge in [0.15, 0.2) is 0 Å². The van der Waals surface area contributed by atoms with E-state index in [-0.39, 0.29) is 6.54 Å². The Morgan fingerprint density at radius 3 is 1.41 bits per heavy atom. The highest BCUT2D eigenvalue weighted by Crippen LogP contribution is 1.84. The van der Waals surface area contributed by atoms with E-state index in [1.807, 2.05) is 21.1 Å². The van der Waals surface area contributed by atoms with E-state index in [4.69, 9.17) is 4.79 Å². The van der Waals surface area contributed by atoms with Crippen molar-refractivity contribution in [3.63, 3.8) is 0 Å². The average molecular weight is 247 g/mol. The minimum absolute atomic E-state index is 0.139. The van der Waals surface area contributed by atoms with Gasteiger partial charge in [0.1, 0.15) is 6.29 Å². The smallest absolute Gasteiger partial charge is 0.133 e. The van der Waals surface area contributed by atoms with Crippen LogP contribution in [-0.2, 0) is 4.79 Å². The van der Waals surface area contributed by atoms with Crippen LogP contribution in [0.1, 0.15) is 0 Å². The Balaban J connectivity index is 0. The second-order valence-corrected chi connectivity index (χ2v) is 3.55. The van der Waals surface area contributed by atoms with Crippen LogP contribution in [-0.4, -0.2) is 78.1 Å². The standard InChI is InChI=1S/C9H24N4.C2H5NO/c1-10-4-7-13(8-5-11-2)9-6-12-3;3-1-2-4/h10-12H,4-9H2,1-3H3;2H,1,3H2. The van der Waals surface area contributed by atoms with Gasteiger partial charge in [0, 0.05) is 45.8 Å². The molecule has 0 saturated heterocycles.